The molecule has 1 aliphatic heterocycles. The van der Waals surface area contributed by atoms with Gasteiger partial charge >= 0.3 is 0 Å². The van der Waals surface area contributed by atoms with Gasteiger partial charge in [0.05, 0.1) is 11.5 Å². The maximum absolute atomic E-state index is 13.1. The van der Waals surface area contributed by atoms with E-state index in [1.807, 2.05) is 4.90 Å². The van der Waals surface area contributed by atoms with E-state index in [0.29, 0.717) is 13.2 Å². The van der Waals surface area contributed by atoms with Gasteiger partial charge in [-0.25, -0.2) is 0 Å². The minimum atomic E-state index is -0.149. The van der Waals surface area contributed by atoms with E-state index in [2.05, 4.69) is 5.38 Å². The summed E-state index contributed by atoms with van der Waals surface area (Å²) in [6.45, 7) is 2.37. The zero-order valence-electron chi connectivity index (χ0n) is 14.7. The van der Waals surface area contributed by atoms with Gasteiger partial charge in [0.1, 0.15) is 0 Å². The number of aliphatic hydroxyl groups excluding tert-OH is 1. The topological polar surface area (TPSA) is 49.8 Å². The second-order valence-electron chi connectivity index (χ2n) is 7.36. The SMILES string of the molecule is COCCC[C@@]1(CO)CCCN(C(=O)c2scc3c2CCCC3)C1. The largest absolute Gasteiger partial charge is 0.396 e. The Bertz CT molecular complexity index is 571. The number of nitrogens with zero attached hydrogens (tertiary/aromatic N) is 1. The molecule has 0 saturated carbocycles. The molecule has 1 saturated heterocycles. The second-order valence-corrected chi connectivity index (χ2v) is 8.24. The first-order valence-corrected chi connectivity index (χ1v) is 10.1. The second kappa shape index (κ2) is 7.98. The number of fused-ring (bicyclic) bond motifs is 1. The van der Waals surface area contributed by atoms with Crippen LogP contribution in [0.1, 0.15) is 59.3 Å². The molecule has 1 fully saturated rings. The van der Waals surface area contributed by atoms with Crippen molar-refractivity contribution in [2.75, 3.05) is 33.4 Å². The molecule has 1 aromatic heterocycles. The van der Waals surface area contributed by atoms with Gasteiger partial charge in [0, 0.05) is 32.2 Å². The van der Waals surface area contributed by atoms with E-state index in [9.17, 15) is 9.90 Å². The van der Waals surface area contributed by atoms with Crippen LogP contribution >= 0.6 is 11.3 Å². The highest BCUT2D eigenvalue weighted by Crippen LogP contribution is 2.37. The van der Waals surface area contributed by atoms with E-state index < -0.39 is 0 Å². The lowest BCUT2D eigenvalue weighted by atomic mass is 9.77. The third kappa shape index (κ3) is 3.68. The Balaban J connectivity index is 1.71. The average Bonchev–Trinajstić information content (AvgIpc) is 3.05. The van der Waals surface area contributed by atoms with Gasteiger partial charge in [0.2, 0.25) is 0 Å². The number of carbonyl (C=O) groups is 1. The summed E-state index contributed by atoms with van der Waals surface area (Å²) in [5.41, 5.74) is 2.54. The number of methoxy groups -OCH3 is 1. The highest BCUT2D eigenvalue weighted by molar-refractivity contribution is 7.12. The van der Waals surface area contributed by atoms with E-state index in [1.165, 1.54) is 24.0 Å². The van der Waals surface area contributed by atoms with Crippen molar-refractivity contribution in [3.8, 4) is 0 Å². The fourth-order valence-corrected chi connectivity index (χ4v) is 5.35. The highest BCUT2D eigenvalue weighted by atomic mass is 32.1. The van der Waals surface area contributed by atoms with E-state index in [4.69, 9.17) is 4.74 Å². The van der Waals surface area contributed by atoms with Crippen molar-refractivity contribution in [1.82, 2.24) is 4.90 Å². The summed E-state index contributed by atoms with van der Waals surface area (Å²) in [6.07, 6.45) is 8.45. The Labute approximate surface area is 148 Å². The van der Waals surface area contributed by atoms with Crippen LogP contribution in [0.25, 0.3) is 0 Å². The van der Waals surface area contributed by atoms with Crippen LogP contribution in [0.4, 0.5) is 0 Å². The standard InChI is InChI=1S/C19H29NO3S/c1-23-11-5-9-19(14-21)8-4-10-20(13-19)18(22)17-16-7-3-2-6-15(16)12-24-17/h12,21H,2-11,13-14H2,1H3/t19-/m0/s1. The Morgan fingerprint density at radius 1 is 1.38 bits per heavy atom. The number of hydrogen-bond donors (Lipinski definition) is 1. The minimum absolute atomic E-state index is 0.149. The molecular weight excluding hydrogens is 322 g/mol. The summed E-state index contributed by atoms with van der Waals surface area (Å²) in [5.74, 6) is 0.187. The predicted molar refractivity (Wildman–Crippen MR) is 96.7 cm³/mol. The fourth-order valence-electron chi connectivity index (χ4n) is 4.23. The quantitative estimate of drug-likeness (QED) is 0.800. The molecule has 1 atom stereocenters. The van der Waals surface area contributed by atoms with Crippen LogP contribution in [0.3, 0.4) is 0 Å². The van der Waals surface area contributed by atoms with Crippen molar-refractivity contribution in [2.45, 2.75) is 51.4 Å². The average molecular weight is 352 g/mol. The van der Waals surface area contributed by atoms with Crippen LogP contribution < -0.4 is 0 Å². The molecule has 4 nitrogen and oxygen atoms in total. The first-order chi connectivity index (χ1) is 11.7. The molecule has 1 aromatic rings. The Morgan fingerprint density at radius 2 is 2.21 bits per heavy atom. The van der Waals surface area contributed by atoms with Crippen molar-refractivity contribution >= 4 is 17.2 Å². The smallest absolute Gasteiger partial charge is 0.264 e. The molecule has 0 aromatic carbocycles. The van der Waals surface area contributed by atoms with Crippen molar-refractivity contribution in [3.63, 3.8) is 0 Å². The molecule has 0 bridgehead atoms. The van der Waals surface area contributed by atoms with Gasteiger partial charge in [-0.05, 0) is 67.9 Å². The number of ether oxygens (including phenoxy) is 1. The lowest BCUT2D eigenvalue weighted by Gasteiger charge is -2.42. The Morgan fingerprint density at radius 3 is 3.00 bits per heavy atom. The van der Waals surface area contributed by atoms with Crippen molar-refractivity contribution in [1.29, 1.82) is 0 Å². The van der Waals surface area contributed by atoms with Gasteiger partial charge in [0.15, 0.2) is 0 Å². The monoisotopic (exact) mass is 351 g/mol. The number of likely N-dealkylation sites (tertiary alicyclic amines) is 1. The summed E-state index contributed by atoms with van der Waals surface area (Å²) in [6, 6.07) is 0. The normalized spacial score (nSPS) is 24.0. The molecule has 0 unspecified atom stereocenters. The molecule has 134 valence electrons. The Kier molecular flexibility index (Phi) is 5.95. The third-order valence-corrected chi connectivity index (χ3v) is 6.70. The maximum atomic E-state index is 13.1. The summed E-state index contributed by atoms with van der Waals surface area (Å²) in [7, 11) is 1.71. The predicted octanol–water partition coefficient (Wildman–Crippen LogP) is 3.27. The molecule has 0 spiro atoms. The summed E-state index contributed by atoms with van der Waals surface area (Å²) >= 11 is 1.62. The molecule has 2 aliphatic rings. The number of hydrogen-bond acceptors (Lipinski definition) is 4. The zero-order valence-corrected chi connectivity index (χ0v) is 15.5. The molecule has 0 radical (unpaired) electrons. The fraction of sp³-hybridized carbons (Fsp3) is 0.737. The van der Waals surface area contributed by atoms with Crippen LogP contribution in [-0.4, -0.2) is 49.3 Å². The molecule has 1 amide bonds. The highest BCUT2D eigenvalue weighted by Gasteiger charge is 2.37. The molecular formula is C19H29NO3S. The van der Waals surface area contributed by atoms with E-state index in [1.54, 1.807) is 18.4 Å². The van der Waals surface area contributed by atoms with Crippen LogP contribution in [0.5, 0.6) is 0 Å². The van der Waals surface area contributed by atoms with Gasteiger partial charge in [-0.3, -0.25) is 4.79 Å². The van der Waals surface area contributed by atoms with Crippen LogP contribution in [0.15, 0.2) is 5.38 Å². The number of rotatable bonds is 6. The van der Waals surface area contributed by atoms with Gasteiger partial charge in [-0.15, -0.1) is 11.3 Å². The number of aliphatic hydroxyl groups is 1. The van der Waals surface area contributed by atoms with Crippen LogP contribution in [-0.2, 0) is 17.6 Å². The zero-order chi connectivity index (χ0) is 17.0. The van der Waals surface area contributed by atoms with Gasteiger partial charge < -0.3 is 14.7 Å². The van der Waals surface area contributed by atoms with Gasteiger partial charge in [-0.1, -0.05) is 0 Å². The number of piperidine rings is 1. The molecule has 1 N–H and O–H groups in total. The Hall–Kier alpha value is -0.910. The van der Waals surface area contributed by atoms with Crippen LogP contribution in [0, 0.1) is 5.41 Å². The van der Waals surface area contributed by atoms with E-state index >= 15 is 0 Å². The minimum Gasteiger partial charge on any atom is -0.396 e. The lowest BCUT2D eigenvalue weighted by molar-refractivity contribution is 0.0182. The van der Waals surface area contributed by atoms with Crippen molar-refractivity contribution in [2.24, 2.45) is 5.41 Å². The molecule has 5 heteroatoms. The first kappa shape index (κ1) is 17.9. The van der Waals surface area contributed by atoms with E-state index in [-0.39, 0.29) is 17.9 Å². The number of thiophene rings is 1. The number of amides is 1. The molecule has 3 rings (SSSR count). The lowest BCUT2D eigenvalue weighted by Crippen LogP contribution is -2.48. The van der Waals surface area contributed by atoms with Crippen LogP contribution in [0.2, 0.25) is 0 Å². The number of aryl methyl sites for hydroxylation is 1. The number of carbonyl (C=O) groups excluding carboxylic acids is 1. The molecule has 1 aliphatic carbocycles. The summed E-state index contributed by atoms with van der Waals surface area (Å²) < 4.78 is 5.16. The van der Waals surface area contributed by atoms with E-state index in [0.717, 1.165) is 49.9 Å². The maximum Gasteiger partial charge on any atom is 0.264 e. The van der Waals surface area contributed by atoms with Gasteiger partial charge in [0.25, 0.3) is 5.91 Å². The molecule has 24 heavy (non-hydrogen) atoms. The first-order valence-electron chi connectivity index (χ1n) is 9.17. The molecule has 2 heterocycles. The van der Waals surface area contributed by atoms with Crippen molar-refractivity contribution < 1.29 is 14.6 Å². The summed E-state index contributed by atoms with van der Waals surface area (Å²) in [5, 5.41) is 12.2. The summed E-state index contributed by atoms with van der Waals surface area (Å²) in [4.78, 5) is 16.0. The van der Waals surface area contributed by atoms with Gasteiger partial charge in [-0.2, -0.15) is 0 Å². The van der Waals surface area contributed by atoms with Crippen molar-refractivity contribution in [3.05, 3.63) is 21.4 Å². The third-order valence-electron chi connectivity index (χ3n) is 5.64.